The number of piperidine rings is 1. The Morgan fingerprint density at radius 3 is 2.64 bits per heavy atom. The first-order chi connectivity index (χ1) is 18.9. The van der Waals surface area contributed by atoms with E-state index in [1.54, 1.807) is 0 Å². The van der Waals surface area contributed by atoms with E-state index in [1.807, 2.05) is 71.1 Å². The molecule has 39 heavy (non-hydrogen) atoms. The van der Waals surface area contributed by atoms with Crippen molar-refractivity contribution >= 4 is 63.9 Å². The Labute approximate surface area is 245 Å². The monoisotopic (exact) mass is 599 g/mol. The summed E-state index contributed by atoms with van der Waals surface area (Å²) in [6.45, 7) is 2.51. The average Bonchev–Trinajstić information content (AvgIpc) is 3.64. The van der Waals surface area contributed by atoms with E-state index in [0.29, 0.717) is 15.6 Å². The number of H-pyrrole nitrogens is 1. The van der Waals surface area contributed by atoms with E-state index >= 15 is 0 Å². The summed E-state index contributed by atoms with van der Waals surface area (Å²) in [6.07, 6.45) is 3.53. The van der Waals surface area contributed by atoms with Crippen molar-refractivity contribution in [2.24, 2.45) is 5.73 Å². The summed E-state index contributed by atoms with van der Waals surface area (Å²) in [6, 6.07) is 17.2. The predicted octanol–water partition coefficient (Wildman–Crippen LogP) is 6.33. The number of likely N-dealkylation sites (tertiary alicyclic amines) is 1. The van der Waals surface area contributed by atoms with Gasteiger partial charge in [-0.1, -0.05) is 53.2 Å². The standard InChI is InChI=1S/C28H27Cl2N5O2S2/c29-22-7-6-18(13-23(22)30)15-34-11-8-21(9-12-34)35(26-5-2-10-32-26)27(37)20-4-1-3-19(14-20)24-16-38-28(33-24)39-17-25(31)36/h1-7,10,13-14,16,21,32H,8-9,11-12,15,17H2,(H2,31,36). The number of thioether (sulfide) groups is 1. The molecule has 7 nitrogen and oxygen atoms in total. The summed E-state index contributed by atoms with van der Waals surface area (Å²) in [4.78, 5) is 37.2. The Kier molecular flexibility index (Phi) is 8.94. The second-order valence-electron chi connectivity index (χ2n) is 9.32. The van der Waals surface area contributed by atoms with Crippen LogP contribution in [0.25, 0.3) is 11.3 Å². The van der Waals surface area contributed by atoms with E-state index in [-0.39, 0.29) is 23.6 Å². The molecule has 1 fully saturated rings. The van der Waals surface area contributed by atoms with Crippen molar-refractivity contribution in [3.8, 4) is 11.3 Å². The van der Waals surface area contributed by atoms with E-state index in [2.05, 4.69) is 14.9 Å². The number of nitrogens with zero attached hydrogens (tertiary/aromatic N) is 3. The summed E-state index contributed by atoms with van der Waals surface area (Å²) >= 11 is 15.0. The fourth-order valence-corrected chi connectivity index (χ4v) is 6.61. The molecule has 0 bridgehead atoms. The van der Waals surface area contributed by atoms with Crippen molar-refractivity contribution in [3.05, 3.63) is 87.3 Å². The average molecular weight is 601 g/mol. The molecule has 5 rings (SSSR count). The molecule has 2 amide bonds. The molecule has 1 aliphatic rings. The van der Waals surface area contributed by atoms with Crippen LogP contribution in [0.4, 0.5) is 5.82 Å². The fourth-order valence-electron chi connectivity index (χ4n) is 4.71. The van der Waals surface area contributed by atoms with E-state index in [0.717, 1.165) is 59.5 Å². The van der Waals surface area contributed by atoms with Crippen LogP contribution in [0.1, 0.15) is 28.8 Å². The minimum absolute atomic E-state index is 0.0548. The van der Waals surface area contributed by atoms with Crippen molar-refractivity contribution in [2.75, 3.05) is 23.7 Å². The van der Waals surface area contributed by atoms with Gasteiger partial charge in [0.15, 0.2) is 4.34 Å². The molecule has 202 valence electrons. The van der Waals surface area contributed by atoms with Gasteiger partial charge in [-0.2, -0.15) is 0 Å². The second-order valence-corrected chi connectivity index (χ2v) is 12.2. The number of hydrogen-bond donors (Lipinski definition) is 2. The van der Waals surface area contributed by atoms with E-state index in [9.17, 15) is 9.59 Å². The summed E-state index contributed by atoms with van der Waals surface area (Å²) in [5.74, 6) is 0.532. The van der Waals surface area contributed by atoms with Gasteiger partial charge < -0.3 is 10.7 Å². The Hall–Kier alpha value is -2.82. The number of primary amides is 1. The van der Waals surface area contributed by atoms with Gasteiger partial charge in [0.25, 0.3) is 5.91 Å². The minimum atomic E-state index is -0.381. The van der Waals surface area contributed by atoms with Crippen molar-refractivity contribution in [2.45, 2.75) is 29.8 Å². The molecule has 2 aromatic heterocycles. The number of thiazole rings is 1. The van der Waals surface area contributed by atoms with Crippen LogP contribution in [0.2, 0.25) is 10.0 Å². The molecule has 3 heterocycles. The number of nitrogens with one attached hydrogen (secondary N) is 1. The van der Waals surface area contributed by atoms with E-state index in [1.165, 1.54) is 23.1 Å². The lowest BCUT2D eigenvalue weighted by Gasteiger charge is -2.38. The van der Waals surface area contributed by atoms with Gasteiger partial charge >= 0.3 is 0 Å². The number of benzene rings is 2. The SMILES string of the molecule is NC(=O)CSc1nc(-c2cccc(C(=O)N(c3ccc[nH]3)C3CCN(Cc4ccc(Cl)c(Cl)c4)CC3)c2)cs1. The molecule has 1 aliphatic heterocycles. The third-order valence-corrected chi connectivity index (χ3v) is 9.38. The smallest absolute Gasteiger partial charge is 0.259 e. The number of rotatable bonds is 9. The molecule has 0 unspecified atom stereocenters. The van der Waals surface area contributed by atoms with Crippen molar-refractivity contribution < 1.29 is 9.59 Å². The van der Waals surface area contributed by atoms with Crippen LogP contribution in [0.15, 0.2) is 70.5 Å². The van der Waals surface area contributed by atoms with Crippen molar-refractivity contribution in [1.82, 2.24) is 14.9 Å². The third kappa shape index (κ3) is 6.85. The van der Waals surface area contributed by atoms with Gasteiger partial charge in [0.1, 0.15) is 5.82 Å². The van der Waals surface area contributed by atoms with Gasteiger partial charge in [0, 0.05) is 48.4 Å². The predicted molar refractivity (Wildman–Crippen MR) is 160 cm³/mol. The number of nitrogens with two attached hydrogens (primary N) is 1. The molecule has 1 saturated heterocycles. The van der Waals surface area contributed by atoms with Crippen LogP contribution in [0, 0.1) is 0 Å². The van der Waals surface area contributed by atoms with E-state index in [4.69, 9.17) is 28.9 Å². The summed E-state index contributed by atoms with van der Waals surface area (Å²) in [5, 5.41) is 3.05. The zero-order valence-electron chi connectivity index (χ0n) is 21.0. The number of carbonyl (C=O) groups excluding carboxylic acids is 2. The quantitative estimate of drug-likeness (QED) is 0.219. The van der Waals surface area contributed by atoms with Gasteiger partial charge in [-0.05, 0) is 54.8 Å². The van der Waals surface area contributed by atoms with Crippen LogP contribution in [-0.4, -0.2) is 51.6 Å². The fraction of sp³-hybridized carbons (Fsp3) is 0.250. The van der Waals surface area contributed by atoms with E-state index < -0.39 is 0 Å². The Bertz CT molecular complexity index is 1450. The maximum Gasteiger partial charge on any atom is 0.259 e. The highest BCUT2D eigenvalue weighted by atomic mass is 35.5. The van der Waals surface area contributed by atoms with Gasteiger partial charge in [-0.25, -0.2) is 4.98 Å². The number of anilines is 1. The van der Waals surface area contributed by atoms with Gasteiger partial charge in [-0.15, -0.1) is 11.3 Å². The largest absolute Gasteiger partial charge is 0.369 e. The highest BCUT2D eigenvalue weighted by Crippen LogP contribution is 2.31. The lowest BCUT2D eigenvalue weighted by Crippen LogP contribution is -2.47. The Balaban J connectivity index is 1.30. The molecular weight excluding hydrogens is 573 g/mol. The lowest BCUT2D eigenvalue weighted by molar-refractivity contribution is -0.115. The molecule has 3 N–H and O–H groups in total. The minimum Gasteiger partial charge on any atom is -0.369 e. The van der Waals surface area contributed by atoms with Crippen LogP contribution < -0.4 is 10.6 Å². The maximum absolute atomic E-state index is 13.9. The highest BCUT2D eigenvalue weighted by molar-refractivity contribution is 8.01. The number of carbonyl (C=O) groups is 2. The summed E-state index contributed by atoms with van der Waals surface area (Å²) in [5.41, 5.74) is 8.59. The Morgan fingerprint density at radius 1 is 1.10 bits per heavy atom. The van der Waals surface area contributed by atoms with Gasteiger partial charge in [0.2, 0.25) is 5.91 Å². The third-order valence-electron chi connectivity index (χ3n) is 6.60. The molecular formula is C28H27Cl2N5O2S2. The normalized spacial score (nSPS) is 14.4. The van der Waals surface area contributed by atoms with Gasteiger partial charge in [-0.3, -0.25) is 19.4 Å². The molecule has 0 saturated carbocycles. The number of aromatic amines is 1. The number of hydrogen-bond acceptors (Lipinski definition) is 6. The summed E-state index contributed by atoms with van der Waals surface area (Å²) < 4.78 is 0.765. The molecule has 0 spiro atoms. The van der Waals surface area contributed by atoms with Gasteiger partial charge in [0.05, 0.1) is 21.5 Å². The topological polar surface area (TPSA) is 95.3 Å². The van der Waals surface area contributed by atoms with Crippen LogP contribution in [-0.2, 0) is 11.3 Å². The molecule has 0 atom stereocenters. The first-order valence-corrected chi connectivity index (χ1v) is 15.1. The maximum atomic E-state index is 13.9. The van der Waals surface area contributed by atoms with Crippen molar-refractivity contribution in [3.63, 3.8) is 0 Å². The molecule has 11 heteroatoms. The lowest BCUT2D eigenvalue weighted by atomic mass is 10.0. The number of amides is 2. The van der Waals surface area contributed by atoms with Crippen LogP contribution in [0.3, 0.4) is 0 Å². The summed E-state index contributed by atoms with van der Waals surface area (Å²) in [7, 11) is 0. The molecule has 0 aliphatic carbocycles. The zero-order valence-corrected chi connectivity index (χ0v) is 24.1. The highest BCUT2D eigenvalue weighted by Gasteiger charge is 2.30. The van der Waals surface area contributed by atoms with Crippen molar-refractivity contribution in [1.29, 1.82) is 0 Å². The molecule has 2 aromatic carbocycles. The first-order valence-electron chi connectivity index (χ1n) is 12.5. The zero-order chi connectivity index (χ0) is 27.4. The number of aromatic nitrogens is 2. The second kappa shape index (κ2) is 12.6. The van der Waals surface area contributed by atoms with Crippen LogP contribution >= 0.6 is 46.3 Å². The van der Waals surface area contributed by atoms with Crippen LogP contribution in [0.5, 0.6) is 0 Å². The number of halogens is 2. The molecule has 4 aromatic rings. The Morgan fingerprint density at radius 2 is 1.92 bits per heavy atom. The first kappa shape index (κ1) is 27.7. The molecule has 0 radical (unpaired) electrons.